The van der Waals surface area contributed by atoms with Gasteiger partial charge in [-0.1, -0.05) is 193 Å². The van der Waals surface area contributed by atoms with E-state index in [1.165, 1.54) is 94.8 Å². The molecule has 0 bridgehead atoms. The maximum absolute atomic E-state index is 2.57. The van der Waals surface area contributed by atoms with E-state index in [1.807, 2.05) is 0 Å². The lowest BCUT2D eigenvalue weighted by molar-refractivity contribution is 0.590. The van der Waals surface area contributed by atoms with Crippen LogP contribution in [-0.2, 0) is 10.8 Å². The lowest BCUT2D eigenvalue weighted by Crippen LogP contribution is -2.61. The fourth-order valence-electron chi connectivity index (χ4n) is 10.1. The summed E-state index contributed by atoms with van der Waals surface area (Å²) in [5.41, 5.74) is 23.2. The molecule has 2 nitrogen and oxygen atoms in total. The first-order valence-corrected chi connectivity index (χ1v) is 23.0. The van der Waals surface area contributed by atoms with Gasteiger partial charge in [0.15, 0.2) is 0 Å². The first kappa shape index (κ1) is 40.4. The van der Waals surface area contributed by atoms with E-state index >= 15 is 0 Å². The van der Waals surface area contributed by atoms with Gasteiger partial charge in [0.05, 0.1) is 0 Å². The third-order valence-corrected chi connectivity index (χ3v) is 13.5. The van der Waals surface area contributed by atoms with Crippen molar-refractivity contribution in [1.82, 2.24) is 0 Å². The second-order valence-corrected chi connectivity index (χ2v) is 19.9. The average Bonchev–Trinajstić information content (AvgIpc) is 3.33. The minimum Gasteiger partial charge on any atom is -0.311 e. The number of rotatable bonds is 6. The zero-order valence-electron chi connectivity index (χ0n) is 38.2. The highest BCUT2D eigenvalue weighted by Crippen LogP contribution is 2.48. The topological polar surface area (TPSA) is 6.48 Å². The number of hydrogen-bond acceptors (Lipinski definition) is 2. The Hall–Kier alpha value is -7.36. The van der Waals surface area contributed by atoms with E-state index in [4.69, 9.17) is 0 Å². The van der Waals surface area contributed by atoms with Crippen LogP contribution in [0.3, 0.4) is 0 Å². The predicted octanol–water partition coefficient (Wildman–Crippen LogP) is 15.0. The van der Waals surface area contributed by atoms with Crippen molar-refractivity contribution in [2.24, 2.45) is 0 Å². The maximum atomic E-state index is 2.57. The molecule has 314 valence electrons. The van der Waals surface area contributed by atoms with Crippen LogP contribution in [0.15, 0.2) is 212 Å². The number of benzene rings is 9. The molecule has 0 radical (unpaired) electrons. The summed E-state index contributed by atoms with van der Waals surface area (Å²) >= 11 is 0. The quantitative estimate of drug-likeness (QED) is 0.154. The highest BCUT2D eigenvalue weighted by Gasteiger charge is 2.44. The van der Waals surface area contributed by atoms with Gasteiger partial charge in [0, 0.05) is 34.1 Å². The largest absolute Gasteiger partial charge is 0.311 e. The van der Waals surface area contributed by atoms with Crippen molar-refractivity contribution in [3.63, 3.8) is 0 Å². The highest BCUT2D eigenvalue weighted by molar-refractivity contribution is 7.00. The summed E-state index contributed by atoms with van der Waals surface area (Å²) in [5.74, 6) is 0. The summed E-state index contributed by atoms with van der Waals surface area (Å²) in [4.78, 5) is 5.14. The molecule has 9 aromatic carbocycles. The Kier molecular flexibility index (Phi) is 9.77. The molecule has 3 heteroatoms. The van der Waals surface area contributed by atoms with Gasteiger partial charge in [-0.15, -0.1) is 0 Å². The SMILES string of the molecule is CC(C)(C)c1ccc2c(c1)N(c1cc(-c3ccccc3)cc(-c3ccccc3)c1)c1cccc3c1B2c1ccc(C(C)(C)C)cc1N3c1cc(-c2ccccc2)cc(-c2ccccc2)c1. The predicted molar refractivity (Wildman–Crippen MR) is 280 cm³/mol. The van der Waals surface area contributed by atoms with Crippen LogP contribution in [-0.4, -0.2) is 6.71 Å². The van der Waals surface area contributed by atoms with Crippen LogP contribution in [0.1, 0.15) is 52.7 Å². The van der Waals surface area contributed by atoms with Crippen LogP contribution < -0.4 is 26.2 Å². The molecule has 2 aliphatic rings. The minimum absolute atomic E-state index is 0.0125. The van der Waals surface area contributed by atoms with Crippen molar-refractivity contribution < 1.29 is 0 Å². The maximum Gasteiger partial charge on any atom is 0.252 e. The van der Waals surface area contributed by atoms with Gasteiger partial charge in [0.25, 0.3) is 6.71 Å². The molecule has 0 atom stereocenters. The minimum atomic E-state index is -0.0486. The molecule has 0 saturated carbocycles. The molecular weight excluding hydrogens is 784 g/mol. The fourth-order valence-corrected chi connectivity index (χ4v) is 10.1. The zero-order chi connectivity index (χ0) is 44.5. The summed E-state index contributed by atoms with van der Waals surface area (Å²) in [6.07, 6.45) is 0. The Morgan fingerprint density at radius 2 is 0.615 bits per heavy atom. The van der Waals surface area contributed by atoms with E-state index in [1.54, 1.807) is 0 Å². The molecule has 65 heavy (non-hydrogen) atoms. The van der Waals surface area contributed by atoms with Crippen LogP contribution >= 0.6 is 0 Å². The van der Waals surface area contributed by atoms with Gasteiger partial charge in [-0.2, -0.15) is 0 Å². The first-order valence-electron chi connectivity index (χ1n) is 23.0. The molecule has 0 amide bonds. The molecule has 2 aliphatic heterocycles. The standard InChI is InChI=1S/C62H53BN2/c1-61(2,3)50-30-32-54-58(40-50)64(52-36-46(42-20-11-7-12-21-42)34-47(37-52)43-22-13-8-14-23-43)56-28-19-29-57-60(56)63(54)55-33-31-51(62(4,5)6)41-59(55)65(57)53-38-48(44-24-15-9-16-25-44)35-49(39-53)45-26-17-10-18-27-45/h7-41H,1-6H3. The van der Waals surface area contributed by atoms with Crippen molar-refractivity contribution >= 4 is 57.2 Å². The molecule has 0 N–H and O–H groups in total. The van der Waals surface area contributed by atoms with Crippen LogP contribution in [0.4, 0.5) is 34.1 Å². The van der Waals surface area contributed by atoms with Gasteiger partial charge < -0.3 is 9.80 Å². The van der Waals surface area contributed by atoms with Crippen molar-refractivity contribution in [2.75, 3.05) is 9.80 Å². The molecule has 11 rings (SSSR count). The van der Waals surface area contributed by atoms with E-state index in [2.05, 4.69) is 264 Å². The number of fused-ring (bicyclic) bond motifs is 4. The van der Waals surface area contributed by atoms with Crippen molar-refractivity contribution in [1.29, 1.82) is 0 Å². The van der Waals surface area contributed by atoms with E-state index in [0.717, 1.165) is 11.4 Å². The highest BCUT2D eigenvalue weighted by atomic mass is 15.2. The van der Waals surface area contributed by atoms with Crippen LogP contribution in [0.25, 0.3) is 44.5 Å². The monoisotopic (exact) mass is 836 g/mol. The van der Waals surface area contributed by atoms with Gasteiger partial charge in [-0.25, -0.2) is 0 Å². The van der Waals surface area contributed by atoms with Gasteiger partial charge in [-0.05, 0) is 144 Å². The molecule has 9 aromatic rings. The molecule has 0 unspecified atom stereocenters. The van der Waals surface area contributed by atoms with Gasteiger partial charge in [-0.3, -0.25) is 0 Å². The Morgan fingerprint density at radius 3 is 0.923 bits per heavy atom. The van der Waals surface area contributed by atoms with Crippen molar-refractivity contribution in [3.05, 3.63) is 223 Å². The lowest BCUT2D eigenvalue weighted by Gasteiger charge is -2.45. The number of hydrogen-bond donors (Lipinski definition) is 0. The summed E-state index contributed by atoms with van der Waals surface area (Å²) in [6, 6.07) is 79.2. The van der Waals surface area contributed by atoms with Crippen LogP contribution in [0, 0.1) is 0 Å². The average molecular weight is 837 g/mol. The van der Waals surface area contributed by atoms with Crippen molar-refractivity contribution in [3.8, 4) is 44.5 Å². The second-order valence-electron chi connectivity index (χ2n) is 19.9. The summed E-state index contributed by atoms with van der Waals surface area (Å²) in [5, 5.41) is 0. The van der Waals surface area contributed by atoms with Crippen molar-refractivity contribution in [2.45, 2.75) is 52.4 Å². The smallest absolute Gasteiger partial charge is 0.252 e. The zero-order valence-corrected chi connectivity index (χ0v) is 38.2. The first-order chi connectivity index (χ1) is 31.5. The van der Waals surface area contributed by atoms with Crippen LogP contribution in [0.2, 0.25) is 0 Å². The van der Waals surface area contributed by atoms with Crippen LogP contribution in [0.5, 0.6) is 0 Å². The summed E-state index contributed by atoms with van der Waals surface area (Å²) in [6.45, 7) is 14.0. The second kappa shape index (κ2) is 15.7. The summed E-state index contributed by atoms with van der Waals surface area (Å²) in [7, 11) is 0. The molecular formula is C62H53BN2. The summed E-state index contributed by atoms with van der Waals surface area (Å²) < 4.78 is 0. The van der Waals surface area contributed by atoms with Gasteiger partial charge in [0.2, 0.25) is 0 Å². The number of anilines is 6. The molecule has 0 aromatic heterocycles. The van der Waals surface area contributed by atoms with E-state index < -0.39 is 0 Å². The fraction of sp³-hybridized carbons (Fsp3) is 0.129. The Labute approximate surface area is 385 Å². The Morgan fingerprint density at radius 1 is 0.292 bits per heavy atom. The third-order valence-electron chi connectivity index (χ3n) is 13.5. The molecule has 2 heterocycles. The normalized spacial score (nSPS) is 13.0. The third kappa shape index (κ3) is 7.26. The molecule has 0 aliphatic carbocycles. The van der Waals surface area contributed by atoms with E-state index in [-0.39, 0.29) is 17.5 Å². The molecule has 0 spiro atoms. The van der Waals surface area contributed by atoms with E-state index in [9.17, 15) is 0 Å². The lowest BCUT2D eigenvalue weighted by atomic mass is 9.33. The Balaban J connectivity index is 1.22. The molecule has 0 saturated heterocycles. The van der Waals surface area contributed by atoms with E-state index in [0.29, 0.717) is 0 Å². The molecule has 0 fully saturated rings. The van der Waals surface area contributed by atoms with Gasteiger partial charge >= 0.3 is 0 Å². The number of nitrogens with zero attached hydrogens (tertiary/aromatic N) is 2. The van der Waals surface area contributed by atoms with Gasteiger partial charge in [0.1, 0.15) is 0 Å². The Bertz CT molecular complexity index is 2890.